The van der Waals surface area contributed by atoms with Gasteiger partial charge in [-0.3, -0.25) is 0 Å². The summed E-state index contributed by atoms with van der Waals surface area (Å²) >= 11 is 5.78. The molecule has 0 unspecified atom stereocenters. The molecule has 0 aliphatic heterocycles. The van der Waals surface area contributed by atoms with Crippen LogP contribution in [0.4, 0.5) is 4.39 Å². The van der Waals surface area contributed by atoms with Gasteiger partial charge < -0.3 is 10.4 Å². The number of hydrogen-bond donors (Lipinski definition) is 2. The van der Waals surface area contributed by atoms with Gasteiger partial charge in [0.05, 0.1) is 5.02 Å². The largest absolute Gasteiger partial charge is 0.396 e. The van der Waals surface area contributed by atoms with Crippen LogP contribution in [0.15, 0.2) is 18.2 Å². The van der Waals surface area contributed by atoms with E-state index in [9.17, 15) is 4.39 Å². The molecule has 1 aromatic rings. The zero-order valence-corrected chi connectivity index (χ0v) is 9.23. The van der Waals surface area contributed by atoms with Crippen LogP contribution >= 0.6 is 11.6 Å². The number of unbranched alkanes of at least 4 members (excludes halogenated alkanes) is 1. The lowest BCUT2D eigenvalue weighted by atomic mass is 10.2. The van der Waals surface area contributed by atoms with Crippen molar-refractivity contribution in [2.45, 2.75) is 19.4 Å². The zero-order valence-electron chi connectivity index (χ0n) is 8.47. The Hall–Kier alpha value is -0.640. The Morgan fingerprint density at radius 2 is 2.13 bits per heavy atom. The molecule has 0 bridgehead atoms. The van der Waals surface area contributed by atoms with Gasteiger partial charge in [-0.15, -0.1) is 0 Å². The average Bonchev–Trinajstić information content (AvgIpc) is 2.24. The summed E-state index contributed by atoms with van der Waals surface area (Å²) in [7, 11) is 0. The molecule has 84 valence electrons. The van der Waals surface area contributed by atoms with Gasteiger partial charge in [-0.05, 0) is 31.0 Å². The molecule has 0 fully saturated rings. The molecule has 0 amide bonds. The second-order valence-corrected chi connectivity index (χ2v) is 3.70. The smallest absolute Gasteiger partial charge is 0.142 e. The Morgan fingerprint density at radius 3 is 2.87 bits per heavy atom. The van der Waals surface area contributed by atoms with Crippen LogP contribution < -0.4 is 5.32 Å². The molecular formula is C11H15ClFNO. The lowest BCUT2D eigenvalue weighted by Gasteiger charge is -2.06. The maximum Gasteiger partial charge on any atom is 0.142 e. The Morgan fingerprint density at radius 1 is 1.33 bits per heavy atom. The first-order valence-electron chi connectivity index (χ1n) is 5.00. The van der Waals surface area contributed by atoms with Crippen LogP contribution in [-0.4, -0.2) is 18.3 Å². The van der Waals surface area contributed by atoms with E-state index in [1.54, 1.807) is 12.1 Å². The molecule has 2 nitrogen and oxygen atoms in total. The molecule has 0 saturated carbocycles. The lowest BCUT2D eigenvalue weighted by molar-refractivity contribution is 0.283. The molecule has 0 heterocycles. The molecule has 2 N–H and O–H groups in total. The van der Waals surface area contributed by atoms with Crippen LogP contribution in [0.2, 0.25) is 5.02 Å². The van der Waals surface area contributed by atoms with E-state index < -0.39 is 0 Å². The van der Waals surface area contributed by atoms with E-state index in [2.05, 4.69) is 5.32 Å². The maximum atomic E-state index is 13.0. The van der Waals surface area contributed by atoms with Gasteiger partial charge >= 0.3 is 0 Å². The first-order chi connectivity index (χ1) is 7.25. The summed E-state index contributed by atoms with van der Waals surface area (Å²) < 4.78 is 13.0. The predicted octanol–water partition coefficient (Wildman–Crippen LogP) is 2.34. The highest BCUT2D eigenvalue weighted by atomic mass is 35.5. The minimum absolute atomic E-state index is 0.187. The topological polar surface area (TPSA) is 32.3 Å². The molecule has 0 radical (unpaired) electrons. The fourth-order valence-electron chi connectivity index (χ4n) is 1.27. The third kappa shape index (κ3) is 4.16. The summed E-state index contributed by atoms with van der Waals surface area (Å²) in [6, 6.07) is 4.79. The molecule has 0 aromatic heterocycles. The minimum Gasteiger partial charge on any atom is -0.396 e. The van der Waals surface area contributed by atoms with Crippen molar-refractivity contribution in [2.24, 2.45) is 0 Å². The highest BCUT2D eigenvalue weighted by Crippen LogP contribution is 2.19. The molecule has 4 heteroatoms. The second-order valence-electron chi connectivity index (χ2n) is 3.32. The first kappa shape index (κ1) is 12.4. The highest BCUT2D eigenvalue weighted by Gasteiger charge is 2.04. The number of benzene rings is 1. The molecule has 0 atom stereocenters. The standard InChI is InChI=1S/C11H15ClFNO/c12-11-9(4-3-5-10(11)13)8-14-6-1-2-7-15/h3-5,14-15H,1-2,6-8H2. The van der Waals surface area contributed by atoms with Crippen molar-refractivity contribution in [2.75, 3.05) is 13.2 Å². The van der Waals surface area contributed by atoms with Crippen LogP contribution in [0.3, 0.4) is 0 Å². The van der Waals surface area contributed by atoms with E-state index >= 15 is 0 Å². The molecule has 0 aliphatic rings. The summed E-state index contributed by atoms with van der Waals surface area (Å²) in [6.45, 7) is 1.57. The Bertz CT molecular complexity index is 307. The lowest BCUT2D eigenvalue weighted by Crippen LogP contribution is -2.15. The Labute approximate surface area is 94.1 Å². The van der Waals surface area contributed by atoms with Gasteiger partial charge in [0.15, 0.2) is 0 Å². The van der Waals surface area contributed by atoms with Crippen molar-refractivity contribution in [3.8, 4) is 0 Å². The molecule has 0 aliphatic carbocycles. The van der Waals surface area contributed by atoms with Gasteiger partial charge in [0.1, 0.15) is 5.82 Å². The van der Waals surface area contributed by atoms with Gasteiger partial charge in [0.25, 0.3) is 0 Å². The number of aliphatic hydroxyl groups is 1. The summed E-state index contributed by atoms with van der Waals surface area (Å²) in [5, 5.41) is 11.9. The molecule has 1 rings (SSSR count). The quantitative estimate of drug-likeness (QED) is 0.737. The second kappa shape index (κ2) is 6.77. The number of hydrogen-bond acceptors (Lipinski definition) is 2. The maximum absolute atomic E-state index is 13.0. The first-order valence-corrected chi connectivity index (χ1v) is 5.38. The van der Waals surface area contributed by atoms with E-state index in [1.807, 2.05) is 0 Å². The van der Waals surface area contributed by atoms with Crippen LogP contribution in [-0.2, 0) is 6.54 Å². The molecule has 15 heavy (non-hydrogen) atoms. The van der Waals surface area contributed by atoms with Gasteiger partial charge in [-0.1, -0.05) is 23.7 Å². The van der Waals surface area contributed by atoms with Crippen molar-refractivity contribution >= 4 is 11.6 Å². The van der Waals surface area contributed by atoms with Gasteiger partial charge in [0, 0.05) is 13.2 Å². The summed E-state index contributed by atoms with van der Waals surface area (Å²) in [5.74, 6) is -0.383. The number of rotatable bonds is 6. The molecule has 1 aromatic carbocycles. The van der Waals surface area contributed by atoms with Gasteiger partial charge in [-0.2, -0.15) is 0 Å². The summed E-state index contributed by atoms with van der Waals surface area (Å²) in [4.78, 5) is 0. The van der Waals surface area contributed by atoms with Crippen molar-refractivity contribution in [3.05, 3.63) is 34.6 Å². The zero-order chi connectivity index (χ0) is 11.1. The van der Waals surface area contributed by atoms with E-state index in [1.165, 1.54) is 6.07 Å². The SMILES string of the molecule is OCCCCNCc1cccc(F)c1Cl. The third-order valence-electron chi connectivity index (χ3n) is 2.11. The summed E-state index contributed by atoms with van der Waals surface area (Å²) in [6.07, 6.45) is 1.69. The van der Waals surface area contributed by atoms with E-state index in [-0.39, 0.29) is 17.4 Å². The van der Waals surface area contributed by atoms with Gasteiger partial charge in [-0.25, -0.2) is 4.39 Å². The average molecular weight is 232 g/mol. The minimum atomic E-state index is -0.383. The van der Waals surface area contributed by atoms with Crippen LogP contribution in [0.5, 0.6) is 0 Å². The van der Waals surface area contributed by atoms with Crippen LogP contribution in [0.25, 0.3) is 0 Å². The third-order valence-corrected chi connectivity index (χ3v) is 2.53. The fourth-order valence-corrected chi connectivity index (χ4v) is 1.46. The number of halogens is 2. The van der Waals surface area contributed by atoms with E-state index in [0.717, 1.165) is 24.9 Å². The summed E-state index contributed by atoms with van der Waals surface area (Å²) in [5.41, 5.74) is 0.765. The number of nitrogens with one attached hydrogen (secondary N) is 1. The van der Waals surface area contributed by atoms with E-state index in [0.29, 0.717) is 6.54 Å². The Balaban J connectivity index is 2.34. The number of aliphatic hydroxyl groups excluding tert-OH is 1. The molecule has 0 saturated heterocycles. The van der Waals surface area contributed by atoms with Crippen LogP contribution in [0.1, 0.15) is 18.4 Å². The predicted molar refractivity (Wildman–Crippen MR) is 59.4 cm³/mol. The Kier molecular flexibility index (Phi) is 5.61. The van der Waals surface area contributed by atoms with Crippen molar-refractivity contribution in [1.82, 2.24) is 5.32 Å². The van der Waals surface area contributed by atoms with E-state index in [4.69, 9.17) is 16.7 Å². The van der Waals surface area contributed by atoms with Gasteiger partial charge in [0.2, 0.25) is 0 Å². The highest BCUT2D eigenvalue weighted by molar-refractivity contribution is 6.31. The fraction of sp³-hybridized carbons (Fsp3) is 0.455. The monoisotopic (exact) mass is 231 g/mol. The van der Waals surface area contributed by atoms with Crippen LogP contribution in [0, 0.1) is 5.82 Å². The van der Waals surface area contributed by atoms with Crippen molar-refractivity contribution in [1.29, 1.82) is 0 Å². The normalized spacial score (nSPS) is 10.6. The van der Waals surface area contributed by atoms with Crippen molar-refractivity contribution < 1.29 is 9.50 Å². The molecular weight excluding hydrogens is 217 g/mol. The van der Waals surface area contributed by atoms with Crippen molar-refractivity contribution in [3.63, 3.8) is 0 Å². The molecule has 0 spiro atoms.